The number of carbonyl (C=O) groups is 2. The van der Waals surface area contributed by atoms with E-state index in [-0.39, 0.29) is 30.3 Å². The van der Waals surface area contributed by atoms with Gasteiger partial charge in [-0.1, -0.05) is 36.4 Å². The van der Waals surface area contributed by atoms with Gasteiger partial charge in [0.2, 0.25) is 11.8 Å². The molecule has 11 heteroatoms. The van der Waals surface area contributed by atoms with E-state index >= 15 is 0 Å². The molecule has 1 N–H and O–H groups in total. The van der Waals surface area contributed by atoms with Crippen molar-refractivity contribution in [3.63, 3.8) is 0 Å². The molecular weight excluding hydrogens is 584 g/mol. The summed E-state index contributed by atoms with van der Waals surface area (Å²) in [5, 5.41) is 11.2. The molecular formula is C33H27F2N5O3S. The number of hydrogen-bond donors (Lipinski definition) is 1. The first-order chi connectivity index (χ1) is 21.4. The molecule has 0 spiro atoms. The number of nitrogens with zero attached hydrogens (tertiary/aromatic N) is 4. The number of fused-ring (bicyclic) bond motifs is 3. The zero-order chi connectivity index (χ0) is 30.4. The number of aromatic nitrogens is 3. The maximum Gasteiger partial charge on any atom is 0.261 e. The van der Waals surface area contributed by atoms with Gasteiger partial charge in [0.1, 0.15) is 0 Å². The van der Waals surface area contributed by atoms with E-state index in [9.17, 15) is 18.4 Å². The van der Waals surface area contributed by atoms with Gasteiger partial charge in [0, 0.05) is 30.5 Å². The van der Waals surface area contributed by atoms with Gasteiger partial charge < -0.3 is 14.6 Å². The van der Waals surface area contributed by atoms with Gasteiger partial charge >= 0.3 is 0 Å². The largest absolute Gasteiger partial charge is 0.421 e. The molecule has 0 bridgehead atoms. The summed E-state index contributed by atoms with van der Waals surface area (Å²) < 4.78 is 33.0. The number of hydrogen-bond acceptors (Lipinski definition) is 7. The van der Waals surface area contributed by atoms with Crippen LogP contribution in [-0.2, 0) is 19.4 Å². The minimum Gasteiger partial charge on any atom is -0.421 e. The Morgan fingerprint density at radius 2 is 1.84 bits per heavy atom. The number of nitrogens with one attached hydrogen (secondary N) is 1. The SMILES string of the molecule is Cc1nnc(-c2c(CCc3ccccc3)nc3c(c2-c2ccc(C(=O)NCc4ccc(F)c(F)c4)s2)C(=O)N2CCC[C@@H]32)o1. The molecule has 1 saturated heterocycles. The molecule has 1 atom stereocenters. The predicted molar refractivity (Wildman–Crippen MR) is 160 cm³/mol. The van der Waals surface area contributed by atoms with Crippen molar-refractivity contribution in [1.82, 2.24) is 25.4 Å². The van der Waals surface area contributed by atoms with Crippen LogP contribution in [0.25, 0.3) is 21.9 Å². The van der Waals surface area contributed by atoms with Crippen LogP contribution in [0.5, 0.6) is 0 Å². The van der Waals surface area contributed by atoms with E-state index in [1.165, 1.54) is 17.4 Å². The fourth-order valence-electron chi connectivity index (χ4n) is 6.03. The third-order valence-electron chi connectivity index (χ3n) is 8.09. The quantitative estimate of drug-likeness (QED) is 0.216. The van der Waals surface area contributed by atoms with Crippen molar-refractivity contribution in [1.29, 1.82) is 0 Å². The van der Waals surface area contributed by atoms with Crippen LogP contribution in [0.15, 0.2) is 65.1 Å². The van der Waals surface area contributed by atoms with Gasteiger partial charge in [0.05, 0.1) is 33.4 Å². The number of amides is 2. The second-order valence-electron chi connectivity index (χ2n) is 10.9. The van der Waals surface area contributed by atoms with Gasteiger partial charge in [0.15, 0.2) is 11.6 Å². The lowest BCUT2D eigenvalue weighted by molar-refractivity contribution is 0.0776. The lowest BCUT2D eigenvalue weighted by Gasteiger charge is -2.16. The van der Waals surface area contributed by atoms with Crippen molar-refractivity contribution < 1.29 is 22.8 Å². The van der Waals surface area contributed by atoms with E-state index in [1.54, 1.807) is 13.0 Å². The van der Waals surface area contributed by atoms with Crippen LogP contribution in [-0.4, -0.2) is 38.4 Å². The molecule has 2 aliphatic rings. The number of benzene rings is 2. The Kier molecular flexibility index (Phi) is 7.25. The minimum atomic E-state index is -0.973. The van der Waals surface area contributed by atoms with Crippen molar-refractivity contribution in [3.05, 3.63) is 111 Å². The molecule has 0 unspecified atom stereocenters. The maximum atomic E-state index is 13.9. The van der Waals surface area contributed by atoms with E-state index in [4.69, 9.17) is 9.40 Å². The van der Waals surface area contributed by atoms with Gasteiger partial charge in [-0.3, -0.25) is 14.6 Å². The molecule has 0 radical (unpaired) electrons. The van der Waals surface area contributed by atoms with Crippen molar-refractivity contribution in [2.24, 2.45) is 0 Å². The Hall–Kier alpha value is -4.77. The van der Waals surface area contributed by atoms with E-state index in [0.717, 1.165) is 48.3 Å². The molecule has 8 nitrogen and oxygen atoms in total. The van der Waals surface area contributed by atoms with Gasteiger partial charge in [-0.2, -0.15) is 0 Å². The highest BCUT2D eigenvalue weighted by Gasteiger charge is 2.44. The Morgan fingerprint density at radius 1 is 1.00 bits per heavy atom. The van der Waals surface area contributed by atoms with Gasteiger partial charge in [-0.15, -0.1) is 21.5 Å². The van der Waals surface area contributed by atoms with Crippen molar-refractivity contribution >= 4 is 23.2 Å². The summed E-state index contributed by atoms with van der Waals surface area (Å²) in [6.45, 7) is 2.40. The number of rotatable bonds is 8. The lowest BCUT2D eigenvalue weighted by Crippen LogP contribution is -2.23. The highest BCUT2D eigenvalue weighted by atomic mass is 32.1. The summed E-state index contributed by atoms with van der Waals surface area (Å²) in [4.78, 5) is 35.2. The lowest BCUT2D eigenvalue weighted by atomic mass is 9.93. The number of pyridine rings is 1. The monoisotopic (exact) mass is 611 g/mol. The Morgan fingerprint density at radius 3 is 2.61 bits per heavy atom. The molecule has 2 amide bonds. The summed E-state index contributed by atoms with van der Waals surface area (Å²) in [5.74, 6) is -1.72. The first kappa shape index (κ1) is 28.0. The predicted octanol–water partition coefficient (Wildman–Crippen LogP) is 6.45. The van der Waals surface area contributed by atoms with Crippen molar-refractivity contribution in [3.8, 4) is 21.9 Å². The maximum absolute atomic E-state index is 13.9. The number of aryl methyl sites for hydroxylation is 3. The Balaban J connectivity index is 1.31. The number of thiophene rings is 1. The van der Waals surface area contributed by atoms with Crippen molar-refractivity contribution in [2.45, 2.75) is 45.2 Å². The second-order valence-corrected chi connectivity index (χ2v) is 12.0. The van der Waals surface area contributed by atoms with E-state index < -0.39 is 11.6 Å². The highest BCUT2D eigenvalue weighted by Crippen LogP contribution is 2.49. The average molecular weight is 612 g/mol. The highest BCUT2D eigenvalue weighted by molar-refractivity contribution is 7.17. The van der Waals surface area contributed by atoms with E-state index in [0.29, 0.717) is 50.9 Å². The summed E-state index contributed by atoms with van der Waals surface area (Å²) in [7, 11) is 0. The van der Waals surface area contributed by atoms with Crippen LogP contribution in [0, 0.1) is 18.6 Å². The van der Waals surface area contributed by atoms with E-state index in [1.807, 2.05) is 29.2 Å². The summed E-state index contributed by atoms with van der Waals surface area (Å²) in [6.07, 6.45) is 3.05. The fraction of sp³-hybridized carbons (Fsp3) is 0.242. The summed E-state index contributed by atoms with van der Waals surface area (Å²) in [5.41, 5.74) is 4.85. The topological polar surface area (TPSA) is 101 Å². The molecule has 44 heavy (non-hydrogen) atoms. The van der Waals surface area contributed by atoms with Gasteiger partial charge in [-0.05, 0) is 61.1 Å². The van der Waals surface area contributed by atoms with Crippen LogP contribution in [0.4, 0.5) is 8.78 Å². The fourth-order valence-corrected chi connectivity index (χ4v) is 7.01. The smallest absolute Gasteiger partial charge is 0.261 e. The number of halogens is 2. The molecule has 5 heterocycles. The van der Waals surface area contributed by atoms with Crippen molar-refractivity contribution in [2.75, 3.05) is 6.54 Å². The third-order valence-corrected chi connectivity index (χ3v) is 9.19. The Labute approximate surface area is 255 Å². The standard InChI is InChI=1S/C33H27F2N5O3S/c1-18-38-39-32(43-18)27-23(12-10-19-6-3-2-4-7-19)37-30-24-8-5-15-40(24)33(42)29(30)28(27)25-13-14-26(44-25)31(41)36-17-20-9-11-21(34)22(35)16-20/h2-4,6-7,9,11,13-14,16,24H,5,8,10,12,15,17H2,1H3,(H,36,41)/t24-/m0/s1. The molecule has 2 aliphatic heterocycles. The zero-order valence-corrected chi connectivity index (χ0v) is 24.6. The molecule has 2 aromatic carbocycles. The van der Waals surface area contributed by atoms with Gasteiger partial charge in [0.25, 0.3) is 11.8 Å². The molecule has 7 rings (SSSR count). The second kappa shape index (κ2) is 11.4. The molecule has 222 valence electrons. The average Bonchev–Trinajstić information content (AvgIpc) is 3.84. The van der Waals surface area contributed by atoms with Gasteiger partial charge in [-0.25, -0.2) is 8.78 Å². The summed E-state index contributed by atoms with van der Waals surface area (Å²) >= 11 is 1.24. The van der Waals surface area contributed by atoms with Crippen LogP contribution in [0.3, 0.4) is 0 Å². The summed E-state index contributed by atoms with van der Waals surface area (Å²) in [6, 6.07) is 17.0. The minimum absolute atomic E-state index is 0.0270. The first-order valence-corrected chi connectivity index (χ1v) is 15.2. The normalized spacial score (nSPS) is 15.5. The van der Waals surface area contributed by atoms with Crippen LogP contribution >= 0.6 is 11.3 Å². The molecule has 5 aromatic rings. The zero-order valence-electron chi connectivity index (χ0n) is 23.8. The molecule has 3 aromatic heterocycles. The molecule has 0 saturated carbocycles. The number of carbonyl (C=O) groups excluding carboxylic acids is 2. The third kappa shape index (κ3) is 5.06. The molecule has 0 aliphatic carbocycles. The van der Waals surface area contributed by atoms with E-state index in [2.05, 4.69) is 27.6 Å². The van der Waals surface area contributed by atoms with Crippen LogP contribution < -0.4 is 5.32 Å². The molecule has 1 fully saturated rings. The Bertz CT molecular complexity index is 1900. The van der Waals surface area contributed by atoms with Crippen LogP contribution in [0.2, 0.25) is 0 Å². The first-order valence-electron chi connectivity index (χ1n) is 14.4. The van der Waals surface area contributed by atoms with Crippen LogP contribution in [0.1, 0.15) is 67.3 Å².